The van der Waals surface area contributed by atoms with E-state index in [4.69, 9.17) is 11.6 Å². The minimum absolute atomic E-state index is 0.0489. The molecule has 0 saturated carbocycles. The zero-order valence-electron chi connectivity index (χ0n) is 16.2. The molecule has 0 spiro atoms. The van der Waals surface area contributed by atoms with Gasteiger partial charge in [-0.1, -0.05) is 17.7 Å². The molecule has 10 heteroatoms. The second kappa shape index (κ2) is 9.07. The summed E-state index contributed by atoms with van der Waals surface area (Å²) in [7, 11) is -3.84. The molecule has 0 saturated heterocycles. The van der Waals surface area contributed by atoms with Crippen molar-refractivity contribution in [3.63, 3.8) is 0 Å². The fourth-order valence-electron chi connectivity index (χ4n) is 2.81. The topological polar surface area (TPSA) is 88.2 Å². The van der Waals surface area contributed by atoms with Crippen molar-refractivity contribution >= 4 is 49.7 Å². The van der Waals surface area contributed by atoms with Crippen molar-refractivity contribution in [2.75, 3.05) is 10.0 Å². The fraction of sp³-hybridized carbons (Fsp3) is 0. The van der Waals surface area contributed by atoms with Gasteiger partial charge in [-0.3, -0.25) is 14.8 Å². The number of amides is 1. The Kier molecular flexibility index (Phi) is 6.22. The number of benzene rings is 3. The third kappa shape index (κ3) is 5.13. The van der Waals surface area contributed by atoms with Gasteiger partial charge in [0.15, 0.2) is 5.13 Å². The van der Waals surface area contributed by atoms with Crippen LogP contribution in [0.5, 0.6) is 0 Å². The minimum atomic E-state index is -3.84. The molecule has 0 radical (unpaired) electrons. The quantitative estimate of drug-likeness (QED) is 0.367. The summed E-state index contributed by atoms with van der Waals surface area (Å²) >= 11 is 7.03. The number of aromatic nitrogens is 1. The van der Waals surface area contributed by atoms with Crippen LogP contribution < -0.4 is 10.0 Å². The number of carbonyl (C=O) groups is 1. The van der Waals surface area contributed by atoms with Crippen LogP contribution in [0.25, 0.3) is 11.3 Å². The van der Waals surface area contributed by atoms with E-state index in [1.807, 2.05) is 0 Å². The summed E-state index contributed by atoms with van der Waals surface area (Å²) in [6.07, 6.45) is 0. The van der Waals surface area contributed by atoms with Crippen LogP contribution in [-0.2, 0) is 10.0 Å². The summed E-state index contributed by atoms with van der Waals surface area (Å²) in [6.45, 7) is 0. The van der Waals surface area contributed by atoms with Gasteiger partial charge in [-0.05, 0) is 66.7 Å². The number of rotatable bonds is 6. The van der Waals surface area contributed by atoms with E-state index < -0.39 is 15.9 Å². The van der Waals surface area contributed by atoms with Crippen molar-refractivity contribution in [1.29, 1.82) is 0 Å². The third-order valence-electron chi connectivity index (χ3n) is 4.37. The van der Waals surface area contributed by atoms with Crippen LogP contribution in [0.2, 0.25) is 5.02 Å². The normalized spacial score (nSPS) is 11.2. The Morgan fingerprint density at radius 2 is 1.72 bits per heavy atom. The number of sulfonamides is 1. The molecule has 2 N–H and O–H groups in total. The molecule has 0 aliphatic rings. The molecule has 1 aromatic heterocycles. The van der Waals surface area contributed by atoms with Crippen molar-refractivity contribution in [1.82, 2.24) is 4.98 Å². The SMILES string of the molecule is O=C(Nc1nc(-c2ccc(F)cc2)cs1)c1cccc(NS(=O)(=O)c2ccc(Cl)cc2)c1. The smallest absolute Gasteiger partial charge is 0.261 e. The average molecular weight is 488 g/mol. The van der Waals surface area contributed by atoms with Crippen molar-refractivity contribution in [3.8, 4) is 11.3 Å². The lowest BCUT2D eigenvalue weighted by molar-refractivity contribution is 0.102. The number of hydrogen-bond donors (Lipinski definition) is 2. The van der Waals surface area contributed by atoms with Gasteiger partial charge in [0.1, 0.15) is 5.82 Å². The molecule has 6 nitrogen and oxygen atoms in total. The highest BCUT2D eigenvalue weighted by Gasteiger charge is 2.16. The predicted molar refractivity (Wildman–Crippen MR) is 124 cm³/mol. The third-order valence-corrected chi connectivity index (χ3v) is 6.77. The molecular formula is C22H15ClFN3O3S2. The minimum Gasteiger partial charge on any atom is -0.298 e. The van der Waals surface area contributed by atoms with E-state index >= 15 is 0 Å². The van der Waals surface area contributed by atoms with Crippen LogP contribution in [0.15, 0.2) is 83.1 Å². The highest BCUT2D eigenvalue weighted by molar-refractivity contribution is 7.92. The van der Waals surface area contributed by atoms with E-state index in [1.165, 1.54) is 53.8 Å². The van der Waals surface area contributed by atoms with Crippen LogP contribution in [0.1, 0.15) is 10.4 Å². The Bertz CT molecular complexity index is 1370. The van der Waals surface area contributed by atoms with Crippen LogP contribution in [0, 0.1) is 5.82 Å². The molecule has 0 aliphatic carbocycles. The summed E-state index contributed by atoms with van der Waals surface area (Å²) < 4.78 is 40.7. The molecular weight excluding hydrogens is 473 g/mol. The molecule has 3 aromatic carbocycles. The standard InChI is InChI=1S/C22H15ClFN3O3S2/c23-16-6-10-19(11-7-16)32(29,30)27-18-3-1-2-15(12-18)21(28)26-22-25-20(13-31-22)14-4-8-17(24)9-5-14/h1-13,27H,(H,25,26,28). The van der Waals surface area contributed by atoms with E-state index in [-0.39, 0.29) is 22.0 Å². The Morgan fingerprint density at radius 3 is 2.44 bits per heavy atom. The molecule has 0 bridgehead atoms. The van der Waals surface area contributed by atoms with Crippen LogP contribution in [0.4, 0.5) is 15.2 Å². The molecule has 4 rings (SSSR count). The van der Waals surface area contributed by atoms with E-state index in [0.717, 1.165) is 5.56 Å². The molecule has 162 valence electrons. The number of anilines is 2. The van der Waals surface area contributed by atoms with Crippen molar-refractivity contribution in [3.05, 3.63) is 94.6 Å². The molecule has 32 heavy (non-hydrogen) atoms. The molecule has 1 amide bonds. The van der Waals surface area contributed by atoms with Crippen LogP contribution >= 0.6 is 22.9 Å². The van der Waals surface area contributed by atoms with E-state index in [2.05, 4.69) is 15.0 Å². The number of carbonyl (C=O) groups excluding carboxylic acids is 1. The Balaban J connectivity index is 1.48. The number of halogens is 2. The maximum absolute atomic E-state index is 13.1. The van der Waals surface area contributed by atoms with Gasteiger partial charge < -0.3 is 0 Å². The summed E-state index contributed by atoms with van der Waals surface area (Å²) in [5, 5.41) is 5.23. The Labute approximate surface area is 192 Å². The second-order valence-electron chi connectivity index (χ2n) is 6.64. The number of hydrogen-bond acceptors (Lipinski definition) is 5. The van der Waals surface area contributed by atoms with Gasteiger partial charge in [-0.25, -0.2) is 17.8 Å². The fourth-order valence-corrected chi connectivity index (χ4v) is 4.70. The molecule has 0 atom stereocenters. The van der Waals surface area contributed by atoms with Crippen molar-refractivity contribution in [2.24, 2.45) is 0 Å². The van der Waals surface area contributed by atoms with Crippen LogP contribution in [-0.4, -0.2) is 19.3 Å². The first-order chi connectivity index (χ1) is 15.3. The number of nitrogens with zero attached hydrogens (tertiary/aromatic N) is 1. The first-order valence-electron chi connectivity index (χ1n) is 9.21. The van der Waals surface area contributed by atoms with E-state index in [0.29, 0.717) is 15.8 Å². The lowest BCUT2D eigenvalue weighted by Crippen LogP contribution is -2.15. The first kappa shape index (κ1) is 21.9. The highest BCUT2D eigenvalue weighted by atomic mass is 35.5. The summed E-state index contributed by atoms with van der Waals surface area (Å²) in [5.74, 6) is -0.790. The van der Waals surface area contributed by atoms with E-state index in [1.54, 1.807) is 35.7 Å². The van der Waals surface area contributed by atoms with Gasteiger partial charge in [0.2, 0.25) is 0 Å². The molecule has 0 unspecified atom stereocenters. The predicted octanol–water partition coefficient (Wildman–Crippen LogP) is 5.66. The first-order valence-corrected chi connectivity index (χ1v) is 12.0. The zero-order valence-corrected chi connectivity index (χ0v) is 18.6. The monoisotopic (exact) mass is 487 g/mol. The molecule has 0 aliphatic heterocycles. The van der Waals surface area contributed by atoms with Gasteiger partial charge in [0.05, 0.1) is 10.6 Å². The largest absolute Gasteiger partial charge is 0.298 e. The van der Waals surface area contributed by atoms with Crippen molar-refractivity contribution in [2.45, 2.75) is 4.90 Å². The van der Waals surface area contributed by atoms with E-state index in [9.17, 15) is 17.6 Å². The van der Waals surface area contributed by atoms with Gasteiger partial charge in [0.25, 0.3) is 15.9 Å². The Morgan fingerprint density at radius 1 is 1.00 bits per heavy atom. The maximum atomic E-state index is 13.1. The van der Waals surface area contributed by atoms with Crippen molar-refractivity contribution < 1.29 is 17.6 Å². The van der Waals surface area contributed by atoms with Gasteiger partial charge in [-0.15, -0.1) is 11.3 Å². The van der Waals surface area contributed by atoms with Gasteiger partial charge in [0, 0.05) is 27.2 Å². The summed E-state index contributed by atoms with van der Waals surface area (Å²) in [6, 6.07) is 17.7. The molecule has 4 aromatic rings. The lowest BCUT2D eigenvalue weighted by Gasteiger charge is -2.09. The summed E-state index contributed by atoms with van der Waals surface area (Å²) in [4.78, 5) is 17.0. The second-order valence-corrected chi connectivity index (χ2v) is 9.62. The lowest BCUT2D eigenvalue weighted by atomic mass is 10.2. The van der Waals surface area contributed by atoms with Gasteiger partial charge >= 0.3 is 0 Å². The van der Waals surface area contributed by atoms with Gasteiger partial charge in [-0.2, -0.15) is 0 Å². The molecule has 1 heterocycles. The summed E-state index contributed by atoms with van der Waals surface area (Å²) in [5.41, 5.74) is 1.81. The number of thiazole rings is 1. The van der Waals surface area contributed by atoms with Crippen LogP contribution in [0.3, 0.4) is 0 Å². The number of nitrogens with one attached hydrogen (secondary N) is 2. The average Bonchev–Trinajstić information content (AvgIpc) is 3.23. The Hall–Kier alpha value is -3.27. The maximum Gasteiger partial charge on any atom is 0.261 e. The molecule has 0 fully saturated rings. The highest BCUT2D eigenvalue weighted by Crippen LogP contribution is 2.26. The zero-order chi connectivity index (χ0) is 22.7.